The molecule has 3 N–H and O–H groups in total. The number of hydrogen-bond acceptors (Lipinski definition) is 11. The van der Waals surface area contributed by atoms with Crippen LogP contribution >= 0.6 is 0 Å². The summed E-state index contributed by atoms with van der Waals surface area (Å²) in [5.74, 6) is 0.623. The molecule has 1 fully saturated rings. The lowest BCUT2D eigenvalue weighted by atomic mass is 9.98. The van der Waals surface area contributed by atoms with Crippen molar-refractivity contribution in [3.05, 3.63) is 72.3 Å². The topological polar surface area (TPSA) is 120 Å². The van der Waals surface area contributed by atoms with E-state index < -0.39 is 12.8 Å². The van der Waals surface area contributed by atoms with Crippen molar-refractivity contribution in [1.82, 2.24) is 29.8 Å². The number of allylic oxidation sites excluding steroid dienone is 3. The van der Waals surface area contributed by atoms with Gasteiger partial charge < -0.3 is 39.8 Å². The summed E-state index contributed by atoms with van der Waals surface area (Å²) >= 11 is 0. The predicted octanol–water partition coefficient (Wildman–Crippen LogP) is 7.49. The maximum absolute atomic E-state index is 13.6. The number of fused-ring (bicyclic) bond motifs is 2. The van der Waals surface area contributed by atoms with E-state index in [1.807, 2.05) is 68.5 Å². The minimum absolute atomic E-state index is 0.00986. The standard InChI is InChI=1S/C37H43F3N10O2/c1-7-23(2)18-24(21-48(3)4)26-19-29(31(52-22-37(38,39)40)20-30(26)50-14-16-51-17-15-50)45-36-46-34-25(10-11-43-34)35(47-36)44-28-9-8-27-32(33(28)49(5)6)42-13-12-41-27/h8-13,18-21H,7,14-17,22H2,1-6H3,(H3,43,44,45,46,47)/b23-18+,24-21+. The molecule has 274 valence electrons. The van der Waals surface area contributed by atoms with Crippen LogP contribution in [0.2, 0.25) is 0 Å². The van der Waals surface area contributed by atoms with Crippen LogP contribution in [0.1, 0.15) is 25.8 Å². The second-order valence-corrected chi connectivity index (χ2v) is 12.9. The third-order valence-corrected chi connectivity index (χ3v) is 8.49. The number of H-pyrrole nitrogens is 1. The fourth-order valence-electron chi connectivity index (χ4n) is 5.99. The Balaban J connectivity index is 1.49. The number of rotatable bonds is 12. The summed E-state index contributed by atoms with van der Waals surface area (Å²) in [5.41, 5.74) is 7.34. The molecule has 0 atom stereocenters. The molecule has 15 heteroatoms. The van der Waals surface area contributed by atoms with Crippen LogP contribution in [0.3, 0.4) is 0 Å². The first kappa shape index (κ1) is 36.2. The Morgan fingerprint density at radius 1 is 1.02 bits per heavy atom. The minimum atomic E-state index is -4.56. The highest BCUT2D eigenvalue weighted by Crippen LogP contribution is 2.41. The molecule has 3 aromatic heterocycles. The van der Waals surface area contributed by atoms with Crippen molar-refractivity contribution in [3.8, 4) is 5.75 Å². The molecule has 0 bridgehead atoms. The maximum atomic E-state index is 13.6. The highest BCUT2D eigenvalue weighted by atomic mass is 19.4. The molecular weight excluding hydrogens is 673 g/mol. The molecule has 4 heterocycles. The first-order chi connectivity index (χ1) is 24.9. The van der Waals surface area contributed by atoms with Crippen molar-refractivity contribution in [3.63, 3.8) is 0 Å². The number of hydrogen-bond donors (Lipinski definition) is 3. The predicted molar refractivity (Wildman–Crippen MR) is 201 cm³/mol. The van der Waals surface area contributed by atoms with Gasteiger partial charge in [-0.05, 0) is 43.2 Å². The zero-order valence-corrected chi connectivity index (χ0v) is 30.1. The fourth-order valence-corrected chi connectivity index (χ4v) is 5.99. The summed E-state index contributed by atoms with van der Waals surface area (Å²) in [7, 11) is 7.71. The third-order valence-electron chi connectivity index (χ3n) is 8.49. The molecule has 1 saturated heterocycles. The zero-order valence-electron chi connectivity index (χ0n) is 30.1. The van der Waals surface area contributed by atoms with E-state index >= 15 is 0 Å². The van der Waals surface area contributed by atoms with Gasteiger partial charge >= 0.3 is 6.18 Å². The van der Waals surface area contributed by atoms with Gasteiger partial charge in [0.1, 0.15) is 22.7 Å². The Hall–Kier alpha value is -5.57. The SMILES string of the molecule is CC/C(C)=C/C(=C\N(C)C)c1cc(Nc2nc(Nc3ccc4nccnc4c3N(C)C)c3cc[nH]c3n2)c(OCC(F)(F)F)cc1N1CCOCC1. The zero-order chi connectivity index (χ0) is 37.0. The van der Waals surface area contributed by atoms with Gasteiger partial charge in [0.2, 0.25) is 5.95 Å². The average molecular weight is 717 g/mol. The van der Waals surface area contributed by atoms with Crippen molar-refractivity contribution in [1.29, 1.82) is 0 Å². The summed E-state index contributed by atoms with van der Waals surface area (Å²) in [5, 5.41) is 7.38. The van der Waals surface area contributed by atoms with E-state index in [1.165, 1.54) is 0 Å². The van der Waals surface area contributed by atoms with Crippen LogP contribution in [0.15, 0.2) is 66.8 Å². The first-order valence-electron chi connectivity index (χ1n) is 17.0. The van der Waals surface area contributed by atoms with E-state index in [0.717, 1.165) is 45.7 Å². The lowest BCUT2D eigenvalue weighted by molar-refractivity contribution is -0.153. The highest BCUT2D eigenvalue weighted by Gasteiger charge is 2.30. The highest BCUT2D eigenvalue weighted by molar-refractivity contribution is 5.99. The van der Waals surface area contributed by atoms with Crippen LogP contribution in [0.5, 0.6) is 5.75 Å². The van der Waals surface area contributed by atoms with E-state index in [9.17, 15) is 13.2 Å². The number of morpholine rings is 1. The van der Waals surface area contributed by atoms with Gasteiger partial charge in [-0.25, -0.2) is 0 Å². The van der Waals surface area contributed by atoms with E-state index in [1.54, 1.807) is 24.7 Å². The Morgan fingerprint density at radius 2 is 1.79 bits per heavy atom. The van der Waals surface area contributed by atoms with E-state index in [0.29, 0.717) is 48.7 Å². The molecule has 1 aliphatic rings. The molecule has 0 saturated carbocycles. The van der Waals surface area contributed by atoms with Crippen molar-refractivity contribution in [2.24, 2.45) is 0 Å². The van der Waals surface area contributed by atoms with Gasteiger partial charge in [-0.15, -0.1) is 0 Å². The number of aromatic nitrogens is 5. The van der Waals surface area contributed by atoms with E-state index in [4.69, 9.17) is 19.4 Å². The van der Waals surface area contributed by atoms with Gasteiger partial charge in [0.15, 0.2) is 6.61 Å². The summed E-state index contributed by atoms with van der Waals surface area (Å²) in [6.45, 7) is 4.79. The molecule has 12 nitrogen and oxygen atoms in total. The monoisotopic (exact) mass is 716 g/mol. The lowest BCUT2D eigenvalue weighted by Gasteiger charge is -2.32. The molecular formula is C37H43F3N10O2. The summed E-state index contributed by atoms with van der Waals surface area (Å²) in [6, 6.07) is 9.11. The Morgan fingerprint density at radius 3 is 2.50 bits per heavy atom. The number of nitrogens with one attached hydrogen (secondary N) is 3. The van der Waals surface area contributed by atoms with E-state index in [2.05, 4.69) is 50.4 Å². The lowest BCUT2D eigenvalue weighted by Crippen LogP contribution is -2.36. The molecule has 0 radical (unpaired) electrons. The molecule has 5 aromatic rings. The first-order valence-corrected chi connectivity index (χ1v) is 17.0. The number of halogens is 3. The number of aromatic amines is 1. The quantitative estimate of drug-likeness (QED) is 0.112. The van der Waals surface area contributed by atoms with Crippen molar-refractivity contribution in [2.45, 2.75) is 26.4 Å². The summed E-state index contributed by atoms with van der Waals surface area (Å²) in [4.78, 5) is 27.7. The minimum Gasteiger partial charge on any atom is -0.482 e. The van der Waals surface area contributed by atoms with E-state index in [-0.39, 0.29) is 17.4 Å². The molecule has 0 spiro atoms. The number of benzene rings is 2. The van der Waals surface area contributed by atoms with Crippen molar-refractivity contribution < 1.29 is 22.6 Å². The number of ether oxygens (including phenoxy) is 2. The molecule has 6 rings (SSSR count). The Labute approximate surface area is 300 Å². The smallest absolute Gasteiger partial charge is 0.422 e. The fraction of sp³-hybridized carbons (Fsp3) is 0.351. The summed E-state index contributed by atoms with van der Waals surface area (Å²) in [6.07, 6.45) is 5.41. The van der Waals surface area contributed by atoms with Crippen LogP contribution in [-0.2, 0) is 4.74 Å². The normalized spacial score (nSPS) is 14.2. The van der Waals surface area contributed by atoms with Crippen molar-refractivity contribution in [2.75, 3.05) is 81.5 Å². The molecule has 0 unspecified atom stereocenters. The number of nitrogens with zero attached hydrogens (tertiary/aromatic N) is 7. The molecule has 2 aromatic carbocycles. The van der Waals surface area contributed by atoms with Crippen LogP contribution < -0.4 is 25.2 Å². The largest absolute Gasteiger partial charge is 0.482 e. The van der Waals surface area contributed by atoms with Gasteiger partial charge in [-0.3, -0.25) is 9.97 Å². The molecule has 0 amide bonds. The van der Waals surface area contributed by atoms with Gasteiger partial charge in [0.05, 0.1) is 41.2 Å². The van der Waals surface area contributed by atoms with Gasteiger partial charge in [-0.1, -0.05) is 18.6 Å². The second-order valence-electron chi connectivity index (χ2n) is 12.9. The maximum Gasteiger partial charge on any atom is 0.422 e. The average Bonchev–Trinajstić information content (AvgIpc) is 3.59. The van der Waals surface area contributed by atoms with Gasteiger partial charge in [0.25, 0.3) is 0 Å². The van der Waals surface area contributed by atoms with Gasteiger partial charge in [0, 0.05) is 83.4 Å². The van der Waals surface area contributed by atoms with Crippen LogP contribution in [0, 0.1) is 0 Å². The Kier molecular flexibility index (Phi) is 10.7. The van der Waals surface area contributed by atoms with Crippen LogP contribution in [-0.4, -0.2) is 97.1 Å². The molecule has 1 aliphatic heterocycles. The summed E-state index contributed by atoms with van der Waals surface area (Å²) < 4.78 is 52.0. The third kappa shape index (κ3) is 8.31. The van der Waals surface area contributed by atoms with Crippen LogP contribution in [0.4, 0.5) is 47.7 Å². The molecule has 0 aliphatic carbocycles. The van der Waals surface area contributed by atoms with Gasteiger partial charge in [-0.2, -0.15) is 23.1 Å². The number of alkyl halides is 3. The van der Waals surface area contributed by atoms with Crippen LogP contribution in [0.25, 0.3) is 27.6 Å². The Bertz CT molecular complexity index is 2100. The molecule has 52 heavy (non-hydrogen) atoms. The van der Waals surface area contributed by atoms with Crippen molar-refractivity contribution >= 4 is 62.2 Å². The number of anilines is 6. The second kappa shape index (κ2) is 15.4.